The van der Waals surface area contributed by atoms with Crippen molar-refractivity contribution in [3.05, 3.63) is 34.9 Å². The van der Waals surface area contributed by atoms with E-state index in [9.17, 15) is 4.79 Å². The number of hydrogen-bond donors (Lipinski definition) is 2. The largest absolute Gasteiger partial charge is 0.354 e. The number of amides is 1. The van der Waals surface area contributed by atoms with Crippen molar-refractivity contribution in [3.8, 4) is 0 Å². The fraction of sp³-hybridized carbons (Fsp3) is 0.562. The quantitative estimate of drug-likeness (QED) is 0.896. The van der Waals surface area contributed by atoms with Crippen molar-refractivity contribution in [1.29, 1.82) is 0 Å². The average molecular weight is 295 g/mol. The molecule has 1 aliphatic rings. The van der Waals surface area contributed by atoms with Crippen molar-refractivity contribution in [1.82, 2.24) is 10.6 Å². The third-order valence-corrected chi connectivity index (χ3v) is 4.51. The van der Waals surface area contributed by atoms with Gasteiger partial charge in [-0.3, -0.25) is 4.79 Å². The summed E-state index contributed by atoms with van der Waals surface area (Å²) in [6.45, 7) is 6.22. The van der Waals surface area contributed by atoms with Crippen LogP contribution in [0.3, 0.4) is 0 Å². The molecule has 1 aromatic rings. The lowest BCUT2D eigenvalue weighted by molar-refractivity contribution is -0.120. The lowest BCUT2D eigenvalue weighted by Gasteiger charge is -2.39. The zero-order valence-electron chi connectivity index (χ0n) is 12.2. The van der Waals surface area contributed by atoms with Crippen LogP contribution in [0.5, 0.6) is 0 Å². The van der Waals surface area contributed by atoms with Crippen molar-refractivity contribution in [2.45, 2.75) is 39.2 Å². The van der Waals surface area contributed by atoms with Gasteiger partial charge < -0.3 is 10.6 Å². The second kappa shape index (κ2) is 6.59. The molecule has 1 atom stereocenters. The van der Waals surface area contributed by atoms with Gasteiger partial charge in [0.25, 0.3) is 0 Å². The molecule has 0 bridgehead atoms. The second-order valence-corrected chi connectivity index (χ2v) is 6.58. The number of hydrogen-bond acceptors (Lipinski definition) is 2. The van der Waals surface area contributed by atoms with Crippen molar-refractivity contribution in [3.63, 3.8) is 0 Å². The van der Waals surface area contributed by atoms with Crippen LogP contribution < -0.4 is 10.6 Å². The summed E-state index contributed by atoms with van der Waals surface area (Å²) in [7, 11) is 0. The third kappa shape index (κ3) is 3.97. The first-order valence-electron chi connectivity index (χ1n) is 7.22. The molecule has 20 heavy (non-hydrogen) atoms. The highest BCUT2D eigenvalue weighted by Gasteiger charge is 2.31. The van der Waals surface area contributed by atoms with Gasteiger partial charge >= 0.3 is 0 Å². The number of nitrogens with one attached hydrogen (secondary N) is 2. The zero-order chi connectivity index (χ0) is 14.6. The lowest BCUT2D eigenvalue weighted by Crippen LogP contribution is -2.53. The van der Waals surface area contributed by atoms with Crippen molar-refractivity contribution in [2.24, 2.45) is 5.41 Å². The van der Waals surface area contributed by atoms with Gasteiger partial charge in [0.05, 0.1) is 6.42 Å². The van der Waals surface area contributed by atoms with E-state index < -0.39 is 0 Å². The fourth-order valence-corrected chi connectivity index (χ4v) is 2.91. The summed E-state index contributed by atoms with van der Waals surface area (Å²) >= 11 is 6.07. The summed E-state index contributed by atoms with van der Waals surface area (Å²) in [5, 5.41) is 7.17. The summed E-state index contributed by atoms with van der Waals surface area (Å²) < 4.78 is 0. The van der Waals surface area contributed by atoms with Gasteiger partial charge in [0.2, 0.25) is 5.91 Å². The Labute approximate surface area is 126 Å². The molecular weight excluding hydrogens is 272 g/mol. The molecule has 1 amide bonds. The molecular formula is C16H23ClN2O. The Balaban J connectivity index is 1.85. The summed E-state index contributed by atoms with van der Waals surface area (Å²) in [6.07, 6.45) is 2.74. The standard InChI is InChI=1S/C16H23ClN2O/c1-16(2)8-5-9-18-14(16)11-19-15(20)10-12-6-3-4-7-13(12)17/h3-4,6-7,14,18H,5,8-11H2,1-2H3,(H,19,20). The molecule has 1 aliphatic heterocycles. The lowest BCUT2D eigenvalue weighted by atomic mass is 9.77. The van der Waals surface area contributed by atoms with E-state index in [4.69, 9.17) is 11.6 Å². The molecule has 0 aromatic heterocycles. The van der Waals surface area contributed by atoms with Gasteiger partial charge in [0, 0.05) is 17.6 Å². The number of halogens is 1. The molecule has 4 heteroatoms. The van der Waals surface area contributed by atoms with E-state index in [0.29, 0.717) is 24.0 Å². The average Bonchev–Trinajstić information content (AvgIpc) is 2.40. The van der Waals surface area contributed by atoms with Crippen LogP contribution in [-0.2, 0) is 11.2 Å². The first-order valence-corrected chi connectivity index (χ1v) is 7.60. The summed E-state index contributed by atoms with van der Waals surface area (Å²) in [5.41, 5.74) is 1.11. The predicted molar refractivity (Wildman–Crippen MR) is 83.0 cm³/mol. The van der Waals surface area contributed by atoms with Crippen LogP contribution in [0, 0.1) is 5.41 Å². The Morgan fingerprint density at radius 2 is 2.20 bits per heavy atom. The highest BCUT2D eigenvalue weighted by molar-refractivity contribution is 6.31. The monoisotopic (exact) mass is 294 g/mol. The van der Waals surface area contributed by atoms with Gasteiger partial charge in [-0.15, -0.1) is 0 Å². The smallest absolute Gasteiger partial charge is 0.224 e. The second-order valence-electron chi connectivity index (χ2n) is 6.17. The molecule has 1 heterocycles. The number of carbonyl (C=O) groups is 1. The van der Waals surface area contributed by atoms with Gasteiger partial charge in [-0.1, -0.05) is 43.6 Å². The van der Waals surface area contributed by atoms with Crippen LogP contribution in [0.4, 0.5) is 0 Å². The third-order valence-electron chi connectivity index (χ3n) is 4.14. The normalized spacial score (nSPS) is 21.4. The number of benzene rings is 1. The van der Waals surface area contributed by atoms with Crippen LogP contribution in [0.1, 0.15) is 32.3 Å². The Morgan fingerprint density at radius 3 is 2.90 bits per heavy atom. The topological polar surface area (TPSA) is 41.1 Å². The van der Waals surface area contributed by atoms with Crippen LogP contribution in [0.25, 0.3) is 0 Å². The molecule has 1 unspecified atom stereocenters. The highest BCUT2D eigenvalue weighted by Crippen LogP contribution is 2.29. The molecule has 0 saturated carbocycles. The Morgan fingerprint density at radius 1 is 1.45 bits per heavy atom. The van der Waals surface area contributed by atoms with Crippen LogP contribution in [0.2, 0.25) is 5.02 Å². The Hall–Kier alpha value is -1.06. The number of piperidine rings is 1. The first-order chi connectivity index (χ1) is 9.49. The minimum atomic E-state index is 0.0290. The van der Waals surface area contributed by atoms with Crippen LogP contribution in [-0.4, -0.2) is 25.0 Å². The van der Waals surface area contributed by atoms with Crippen LogP contribution >= 0.6 is 11.6 Å². The zero-order valence-corrected chi connectivity index (χ0v) is 13.0. The molecule has 2 rings (SSSR count). The molecule has 1 saturated heterocycles. The van der Waals surface area contributed by atoms with Gasteiger partial charge in [-0.2, -0.15) is 0 Å². The van der Waals surface area contributed by atoms with Gasteiger partial charge in [0.15, 0.2) is 0 Å². The van der Waals surface area contributed by atoms with Crippen molar-refractivity contribution < 1.29 is 4.79 Å². The first kappa shape index (κ1) is 15.3. The van der Waals surface area contributed by atoms with Crippen LogP contribution in [0.15, 0.2) is 24.3 Å². The number of carbonyl (C=O) groups excluding carboxylic acids is 1. The van der Waals surface area contributed by atoms with Gasteiger partial charge in [-0.05, 0) is 36.4 Å². The Bertz CT molecular complexity index is 473. The number of rotatable bonds is 4. The Kier molecular flexibility index (Phi) is 5.06. The van der Waals surface area contributed by atoms with E-state index >= 15 is 0 Å². The predicted octanol–water partition coefficient (Wildman–Crippen LogP) is 2.78. The maximum atomic E-state index is 12.0. The molecule has 2 N–H and O–H groups in total. The van der Waals surface area contributed by atoms with E-state index in [1.165, 1.54) is 12.8 Å². The van der Waals surface area contributed by atoms with E-state index in [1.807, 2.05) is 24.3 Å². The molecule has 1 fully saturated rings. The molecule has 0 aliphatic carbocycles. The maximum Gasteiger partial charge on any atom is 0.224 e. The maximum absolute atomic E-state index is 12.0. The molecule has 110 valence electrons. The molecule has 1 aromatic carbocycles. The van der Waals surface area contributed by atoms with Gasteiger partial charge in [0.1, 0.15) is 0 Å². The van der Waals surface area contributed by atoms with Crippen molar-refractivity contribution >= 4 is 17.5 Å². The van der Waals surface area contributed by atoms with E-state index in [-0.39, 0.29) is 11.3 Å². The minimum absolute atomic E-state index is 0.0290. The summed E-state index contributed by atoms with van der Waals surface area (Å²) in [5.74, 6) is 0.0290. The van der Waals surface area contributed by atoms with E-state index in [2.05, 4.69) is 24.5 Å². The van der Waals surface area contributed by atoms with E-state index in [0.717, 1.165) is 12.1 Å². The minimum Gasteiger partial charge on any atom is -0.354 e. The van der Waals surface area contributed by atoms with Gasteiger partial charge in [-0.25, -0.2) is 0 Å². The fourth-order valence-electron chi connectivity index (χ4n) is 2.71. The molecule has 0 radical (unpaired) electrons. The molecule has 3 nitrogen and oxygen atoms in total. The van der Waals surface area contributed by atoms with Crippen molar-refractivity contribution in [2.75, 3.05) is 13.1 Å². The highest BCUT2D eigenvalue weighted by atomic mass is 35.5. The van der Waals surface area contributed by atoms with E-state index in [1.54, 1.807) is 0 Å². The molecule has 0 spiro atoms. The summed E-state index contributed by atoms with van der Waals surface area (Å²) in [4.78, 5) is 12.0. The summed E-state index contributed by atoms with van der Waals surface area (Å²) in [6, 6.07) is 7.82. The SMILES string of the molecule is CC1(C)CCCNC1CNC(=O)Cc1ccccc1Cl.